The van der Waals surface area contributed by atoms with Gasteiger partial charge in [0.05, 0.1) is 24.7 Å². The Kier molecular flexibility index (Phi) is 4.77. The number of morpholine rings is 1. The van der Waals surface area contributed by atoms with Gasteiger partial charge in [0.1, 0.15) is 5.75 Å². The molecule has 2 heterocycles. The van der Waals surface area contributed by atoms with E-state index in [1.807, 2.05) is 11.8 Å². The summed E-state index contributed by atoms with van der Waals surface area (Å²) in [5.41, 5.74) is 0. The number of ether oxygens (including phenoxy) is 2. The summed E-state index contributed by atoms with van der Waals surface area (Å²) in [6.45, 7) is 6.24. The monoisotopic (exact) mass is 352 g/mol. The molecular formula is C16H20N2O5S. The average Bonchev–Trinajstić information content (AvgIpc) is 2.99. The average molecular weight is 352 g/mol. The molecule has 0 spiro atoms. The third-order valence-corrected chi connectivity index (χ3v) is 5.35. The van der Waals surface area contributed by atoms with E-state index < -0.39 is 9.84 Å². The summed E-state index contributed by atoms with van der Waals surface area (Å²) in [7, 11) is -3.77. The lowest BCUT2D eigenvalue weighted by Gasteiger charge is -2.26. The van der Waals surface area contributed by atoms with Crippen molar-refractivity contribution in [1.29, 1.82) is 0 Å². The summed E-state index contributed by atoms with van der Waals surface area (Å²) in [5.74, 6) is 1.23. The van der Waals surface area contributed by atoms with Crippen LogP contribution in [0.1, 0.15) is 12.8 Å². The highest BCUT2D eigenvalue weighted by molar-refractivity contribution is 7.91. The molecule has 1 aliphatic rings. The maximum Gasteiger partial charge on any atom is 0.236 e. The molecule has 130 valence electrons. The predicted octanol–water partition coefficient (Wildman–Crippen LogP) is 2.05. The fourth-order valence-electron chi connectivity index (χ4n) is 2.53. The zero-order valence-corrected chi connectivity index (χ0v) is 14.5. The molecule has 1 aromatic carbocycles. The van der Waals surface area contributed by atoms with E-state index in [9.17, 15) is 8.42 Å². The quantitative estimate of drug-likeness (QED) is 0.814. The lowest BCUT2D eigenvalue weighted by atomic mass is 10.3. The van der Waals surface area contributed by atoms with Gasteiger partial charge < -0.3 is 18.8 Å². The van der Waals surface area contributed by atoms with Gasteiger partial charge in [0, 0.05) is 20.0 Å². The second-order valence-electron chi connectivity index (χ2n) is 5.35. The van der Waals surface area contributed by atoms with Crippen molar-refractivity contribution >= 4 is 15.7 Å². The Morgan fingerprint density at radius 1 is 1.21 bits per heavy atom. The molecule has 0 atom stereocenters. The largest absolute Gasteiger partial charge is 0.494 e. The van der Waals surface area contributed by atoms with Crippen LogP contribution in [0.4, 0.5) is 5.88 Å². The maximum absolute atomic E-state index is 13.0. The lowest BCUT2D eigenvalue weighted by molar-refractivity contribution is 0.120. The minimum absolute atomic E-state index is 0.0499. The van der Waals surface area contributed by atoms with Gasteiger partial charge in [-0.15, -0.1) is 0 Å². The van der Waals surface area contributed by atoms with Crippen molar-refractivity contribution in [2.45, 2.75) is 23.8 Å². The zero-order chi connectivity index (χ0) is 17.2. The van der Waals surface area contributed by atoms with Crippen molar-refractivity contribution in [2.24, 2.45) is 0 Å². The van der Waals surface area contributed by atoms with Crippen molar-refractivity contribution in [2.75, 3.05) is 37.8 Å². The number of aromatic nitrogens is 1. The minimum atomic E-state index is -3.77. The molecule has 0 radical (unpaired) electrons. The third-order valence-electron chi connectivity index (χ3n) is 3.68. The fourth-order valence-corrected chi connectivity index (χ4v) is 3.90. The molecule has 0 N–H and O–H groups in total. The molecule has 1 aliphatic heterocycles. The topological polar surface area (TPSA) is 81.9 Å². The number of sulfone groups is 1. The second-order valence-corrected chi connectivity index (χ2v) is 7.22. The summed E-state index contributed by atoms with van der Waals surface area (Å²) in [5, 5.41) is -0.0499. The molecule has 0 aliphatic carbocycles. The Labute approximate surface area is 141 Å². The van der Waals surface area contributed by atoms with Crippen LogP contribution in [0.25, 0.3) is 0 Å². The molecule has 1 saturated heterocycles. The second kappa shape index (κ2) is 6.82. The van der Waals surface area contributed by atoms with Crippen LogP contribution in [-0.4, -0.2) is 46.3 Å². The molecule has 1 fully saturated rings. The molecule has 0 saturated carbocycles. The highest BCUT2D eigenvalue weighted by Gasteiger charge is 2.31. The van der Waals surface area contributed by atoms with E-state index >= 15 is 0 Å². The van der Waals surface area contributed by atoms with E-state index in [1.165, 1.54) is 12.1 Å². The van der Waals surface area contributed by atoms with Crippen molar-refractivity contribution in [3.63, 3.8) is 0 Å². The van der Waals surface area contributed by atoms with Crippen LogP contribution in [0.15, 0.2) is 38.6 Å². The van der Waals surface area contributed by atoms with Crippen LogP contribution in [0, 0.1) is 6.92 Å². The summed E-state index contributed by atoms with van der Waals surface area (Å²) in [6.07, 6.45) is 0. The summed E-state index contributed by atoms with van der Waals surface area (Å²) < 4.78 is 42.2. The standard InChI is InChI=1S/C16H20N2O5S/c1-3-22-13-4-6-14(7-5-13)24(19,20)15-16(23-12(2)17-15)18-8-10-21-11-9-18/h4-7H,3,8-11H2,1-2H3. The molecule has 8 heteroatoms. The highest BCUT2D eigenvalue weighted by atomic mass is 32.2. The number of hydrogen-bond donors (Lipinski definition) is 0. The van der Waals surface area contributed by atoms with Gasteiger partial charge in [-0.3, -0.25) is 0 Å². The molecule has 0 unspecified atom stereocenters. The number of nitrogens with zero attached hydrogens (tertiary/aromatic N) is 2. The number of anilines is 1. The van der Waals surface area contributed by atoms with E-state index in [2.05, 4.69) is 4.98 Å². The molecule has 7 nitrogen and oxygen atoms in total. The van der Waals surface area contributed by atoms with Crippen LogP contribution in [0.3, 0.4) is 0 Å². The highest BCUT2D eigenvalue weighted by Crippen LogP contribution is 2.31. The van der Waals surface area contributed by atoms with Gasteiger partial charge in [0.2, 0.25) is 20.7 Å². The van der Waals surface area contributed by atoms with E-state index in [-0.39, 0.29) is 15.8 Å². The van der Waals surface area contributed by atoms with Crippen LogP contribution in [-0.2, 0) is 14.6 Å². The van der Waals surface area contributed by atoms with Crippen LogP contribution in [0.5, 0.6) is 5.75 Å². The maximum atomic E-state index is 13.0. The predicted molar refractivity (Wildman–Crippen MR) is 87.3 cm³/mol. The molecule has 3 rings (SSSR count). The van der Waals surface area contributed by atoms with Gasteiger partial charge >= 0.3 is 0 Å². The van der Waals surface area contributed by atoms with Gasteiger partial charge in [-0.2, -0.15) is 4.98 Å². The van der Waals surface area contributed by atoms with E-state index in [0.717, 1.165) is 0 Å². The first-order valence-electron chi connectivity index (χ1n) is 7.80. The minimum Gasteiger partial charge on any atom is -0.494 e. The molecule has 24 heavy (non-hydrogen) atoms. The van der Waals surface area contributed by atoms with E-state index in [4.69, 9.17) is 13.9 Å². The Hall–Kier alpha value is -2.06. The number of hydrogen-bond acceptors (Lipinski definition) is 7. The summed E-state index contributed by atoms with van der Waals surface area (Å²) in [6, 6.07) is 6.32. The van der Waals surface area contributed by atoms with Crippen molar-refractivity contribution in [3.8, 4) is 5.75 Å². The normalized spacial score (nSPS) is 15.5. The van der Waals surface area contributed by atoms with Gasteiger partial charge in [0.25, 0.3) is 0 Å². The molecule has 0 bridgehead atoms. The first-order chi connectivity index (χ1) is 11.5. The van der Waals surface area contributed by atoms with Crippen molar-refractivity contribution < 1.29 is 22.3 Å². The van der Waals surface area contributed by atoms with Gasteiger partial charge in [-0.25, -0.2) is 8.42 Å². The zero-order valence-electron chi connectivity index (χ0n) is 13.7. The Morgan fingerprint density at radius 2 is 1.88 bits per heavy atom. The van der Waals surface area contributed by atoms with E-state index in [1.54, 1.807) is 19.1 Å². The van der Waals surface area contributed by atoms with Crippen molar-refractivity contribution in [1.82, 2.24) is 4.98 Å². The van der Waals surface area contributed by atoms with Gasteiger partial charge in [-0.1, -0.05) is 0 Å². The molecule has 2 aromatic rings. The van der Waals surface area contributed by atoms with Crippen LogP contribution >= 0.6 is 0 Å². The Balaban J connectivity index is 1.97. The number of rotatable bonds is 5. The van der Waals surface area contributed by atoms with Crippen LogP contribution < -0.4 is 9.64 Å². The first-order valence-corrected chi connectivity index (χ1v) is 9.28. The SMILES string of the molecule is CCOc1ccc(S(=O)(=O)c2nc(C)oc2N2CCOCC2)cc1. The Bertz CT molecular complexity index is 792. The summed E-state index contributed by atoms with van der Waals surface area (Å²) >= 11 is 0. The first kappa shape index (κ1) is 16.8. The van der Waals surface area contributed by atoms with Crippen molar-refractivity contribution in [3.05, 3.63) is 30.2 Å². The van der Waals surface area contributed by atoms with Gasteiger partial charge in [0.15, 0.2) is 5.89 Å². The summed E-state index contributed by atoms with van der Waals surface area (Å²) in [4.78, 5) is 6.14. The van der Waals surface area contributed by atoms with E-state index in [0.29, 0.717) is 44.6 Å². The molecular weight excluding hydrogens is 332 g/mol. The number of benzene rings is 1. The molecule has 0 amide bonds. The van der Waals surface area contributed by atoms with Crippen LogP contribution in [0.2, 0.25) is 0 Å². The fraction of sp³-hybridized carbons (Fsp3) is 0.438. The molecule has 1 aromatic heterocycles. The lowest BCUT2D eigenvalue weighted by Crippen LogP contribution is -2.36. The third kappa shape index (κ3) is 3.25. The number of oxazole rings is 1. The van der Waals surface area contributed by atoms with Gasteiger partial charge in [-0.05, 0) is 31.2 Å². The number of aryl methyl sites for hydroxylation is 1. The Morgan fingerprint density at radius 3 is 2.50 bits per heavy atom. The smallest absolute Gasteiger partial charge is 0.236 e.